The quantitative estimate of drug-likeness (QED) is 0.885. The molecule has 0 saturated carbocycles. The van der Waals surface area contributed by atoms with Crippen molar-refractivity contribution < 1.29 is 8.42 Å². The monoisotopic (exact) mass is 271 g/mol. The predicted molar refractivity (Wildman–Crippen MR) is 70.6 cm³/mol. The van der Waals surface area contributed by atoms with E-state index in [9.17, 15) is 8.42 Å². The zero-order valence-corrected chi connectivity index (χ0v) is 11.6. The Morgan fingerprint density at radius 1 is 1.44 bits per heavy atom. The molecule has 2 N–H and O–H groups in total. The number of rotatable bonds is 4. The number of hydrogen-bond acceptors (Lipinski definition) is 3. The summed E-state index contributed by atoms with van der Waals surface area (Å²) in [5.41, 5.74) is 5.58. The third-order valence-electron chi connectivity index (χ3n) is 3.48. The molecule has 1 unspecified atom stereocenters. The van der Waals surface area contributed by atoms with E-state index in [1.165, 1.54) is 0 Å². The van der Waals surface area contributed by atoms with Gasteiger partial charge in [0.2, 0.25) is 10.0 Å². The van der Waals surface area contributed by atoms with Gasteiger partial charge in [0.25, 0.3) is 0 Å². The molecule has 1 atom stereocenters. The van der Waals surface area contributed by atoms with Crippen molar-refractivity contribution in [2.45, 2.75) is 36.6 Å². The summed E-state index contributed by atoms with van der Waals surface area (Å²) < 4.78 is 28.5. The Morgan fingerprint density at radius 3 is 2.83 bits per heavy atom. The van der Waals surface area contributed by atoms with Crippen molar-refractivity contribution in [3.05, 3.63) is 18.5 Å². The first-order valence-corrected chi connectivity index (χ1v) is 7.83. The zero-order valence-electron chi connectivity index (χ0n) is 10.7. The van der Waals surface area contributed by atoms with Crippen LogP contribution in [0.2, 0.25) is 0 Å². The second kappa shape index (κ2) is 5.42. The van der Waals surface area contributed by atoms with Crippen molar-refractivity contribution in [1.29, 1.82) is 0 Å². The van der Waals surface area contributed by atoms with Gasteiger partial charge in [-0.25, -0.2) is 8.42 Å². The number of aromatic nitrogens is 1. The molecule has 2 heterocycles. The fourth-order valence-corrected chi connectivity index (χ4v) is 4.31. The molecule has 1 aliphatic rings. The lowest BCUT2D eigenvalue weighted by molar-refractivity contribution is 0.243. The van der Waals surface area contributed by atoms with Crippen LogP contribution < -0.4 is 5.73 Å². The van der Waals surface area contributed by atoms with Crippen molar-refractivity contribution in [2.24, 2.45) is 12.8 Å². The summed E-state index contributed by atoms with van der Waals surface area (Å²) in [6.07, 6.45) is 7.10. The van der Waals surface area contributed by atoms with E-state index in [0.717, 1.165) is 25.7 Å². The van der Waals surface area contributed by atoms with Gasteiger partial charge in [-0.05, 0) is 31.9 Å². The molecule has 18 heavy (non-hydrogen) atoms. The number of piperidine rings is 1. The first-order chi connectivity index (χ1) is 8.55. The molecule has 1 saturated heterocycles. The molecule has 1 aromatic heterocycles. The standard InChI is InChI=1S/C12H21N3O2S/c1-14-9-6-12(10-14)18(16,17)15-8-3-2-4-11(15)5-7-13/h6,9-11H,2-5,7-8,13H2,1H3. The van der Waals surface area contributed by atoms with E-state index in [4.69, 9.17) is 5.73 Å². The van der Waals surface area contributed by atoms with Crippen LogP contribution in [0.4, 0.5) is 0 Å². The molecule has 1 fully saturated rings. The summed E-state index contributed by atoms with van der Waals surface area (Å²) in [6, 6.07) is 1.72. The largest absolute Gasteiger partial charge is 0.356 e. The Hall–Kier alpha value is -0.850. The van der Waals surface area contributed by atoms with Crippen LogP contribution in [0.25, 0.3) is 0 Å². The van der Waals surface area contributed by atoms with Crippen LogP contribution in [-0.2, 0) is 17.1 Å². The molecular formula is C12H21N3O2S. The molecule has 0 radical (unpaired) electrons. The molecule has 1 aliphatic heterocycles. The van der Waals surface area contributed by atoms with Gasteiger partial charge in [-0.15, -0.1) is 0 Å². The maximum absolute atomic E-state index is 12.6. The van der Waals surface area contributed by atoms with Crippen LogP contribution in [0.15, 0.2) is 23.4 Å². The molecule has 0 amide bonds. The molecule has 0 bridgehead atoms. The Bertz CT molecular complexity index is 493. The average molecular weight is 271 g/mol. The highest BCUT2D eigenvalue weighted by molar-refractivity contribution is 7.89. The molecule has 0 aliphatic carbocycles. The van der Waals surface area contributed by atoms with E-state index >= 15 is 0 Å². The number of sulfonamides is 1. The lowest BCUT2D eigenvalue weighted by atomic mass is 10.0. The molecule has 5 nitrogen and oxygen atoms in total. The van der Waals surface area contributed by atoms with E-state index in [2.05, 4.69) is 0 Å². The van der Waals surface area contributed by atoms with Gasteiger partial charge in [-0.3, -0.25) is 0 Å². The van der Waals surface area contributed by atoms with E-state index in [1.54, 1.807) is 27.3 Å². The van der Waals surface area contributed by atoms with Crippen LogP contribution in [0.3, 0.4) is 0 Å². The summed E-state index contributed by atoms with van der Waals surface area (Å²) in [7, 11) is -1.53. The summed E-state index contributed by atoms with van der Waals surface area (Å²) >= 11 is 0. The predicted octanol–water partition coefficient (Wildman–Crippen LogP) is 0.917. The van der Waals surface area contributed by atoms with Gasteiger partial charge >= 0.3 is 0 Å². The first kappa shape index (κ1) is 13.6. The molecule has 2 rings (SSSR count). The van der Waals surface area contributed by atoms with Crippen LogP contribution in [-0.4, -0.2) is 36.4 Å². The van der Waals surface area contributed by atoms with Crippen molar-refractivity contribution in [3.63, 3.8) is 0 Å². The lowest BCUT2D eigenvalue weighted by Gasteiger charge is -2.34. The van der Waals surface area contributed by atoms with Crippen LogP contribution >= 0.6 is 0 Å². The minimum absolute atomic E-state index is 0.0638. The van der Waals surface area contributed by atoms with Gasteiger partial charge in [-0.1, -0.05) is 6.42 Å². The number of nitrogens with two attached hydrogens (primary N) is 1. The zero-order chi connectivity index (χ0) is 13.2. The van der Waals surface area contributed by atoms with Crippen LogP contribution in [0.1, 0.15) is 25.7 Å². The number of aryl methyl sites for hydroxylation is 1. The minimum Gasteiger partial charge on any atom is -0.356 e. The van der Waals surface area contributed by atoms with E-state index < -0.39 is 10.0 Å². The molecular weight excluding hydrogens is 250 g/mol. The van der Waals surface area contributed by atoms with E-state index in [1.807, 2.05) is 7.05 Å². The molecule has 0 spiro atoms. The second-order valence-corrected chi connectivity index (χ2v) is 6.75. The van der Waals surface area contributed by atoms with Gasteiger partial charge < -0.3 is 10.3 Å². The van der Waals surface area contributed by atoms with Crippen LogP contribution in [0.5, 0.6) is 0 Å². The third kappa shape index (κ3) is 2.60. The fraction of sp³-hybridized carbons (Fsp3) is 0.667. The SMILES string of the molecule is Cn1ccc(S(=O)(=O)N2CCCCC2CCN)c1. The lowest BCUT2D eigenvalue weighted by Crippen LogP contribution is -2.44. The Labute approximate surface area is 109 Å². The summed E-state index contributed by atoms with van der Waals surface area (Å²) in [6.45, 7) is 1.15. The summed E-state index contributed by atoms with van der Waals surface area (Å²) in [5, 5.41) is 0. The normalized spacial score (nSPS) is 22.2. The van der Waals surface area contributed by atoms with Crippen molar-refractivity contribution in [2.75, 3.05) is 13.1 Å². The number of nitrogens with zero attached hydrogens (tertiary/aromatic N) is 2. The molecule has 6 heteroatoms. The highest BCUT2D eigenvalue weighted by atomic mass is 32.2. The molecule has 1 aromatic rings. The highest BCUT2D eigenvalue weighted by Crippen LogP contribution is 2.26. The van der Waals surface area contributed by atoms with Gasteiger partial charge in [-0.2, -0.15) is 4.31 Å². The summed E-state index contributed by atoms with van der Waals surface area (Å²) in [4.78, 5) is 0.383. The minimum atomic E-state index is -3.36. The van der Waals surface area contributed by atoms with E-state index in [0.29, 0.717) is 18.0 Å². The van der Waals surface area contributed by atoms with Crippen molar-refractivity contribution >= 4 is 10.0 Å². The van der Waals surface area contributed by atoms with Crippen molar-refractivity contribution in [3.8, 4) is 0 Å². The topological polar surface area (TPSA) is 68.3 Å². The Morgan fingerprint density at radius 2 is 2.22 bits per heavy atom. The Kier molecular flexibility index (Phi) is 4.09. The Balaban J connectivity index is 2.27. The second-order valence-electron chi connectivity index (χ2n) is 4.86. The van der Waals surface area contributed by atoms with Gasteiger partial charge in [0.15, 0.2) is 0 Å². The average Bonchev–Trinajstić information content (AvgIpc) is 2.78. The fourth-order valence-electron chi connectivity index (χ4n) is 2.54. The van der Waals surface area contributed by atoms with Crippen molar-refractivity contribution in [1.82, 2.24) is 8.87 Å². The first-order valence-electron chi connectivity index (χ1n) is 6.39. The van der Waals surface area contributed by atoms with Gasteiger partial charge in [0.1, 0.15) is 0 Å². The van der Waals surface area contributed by atoms with Gasteiger partial charge in [0, 0.05) is 32.0 Å². The van der Waals surface area contributed by atoms with Crippen LogP contribution in [0, 0.1) is 0 Å². The van der Waals surface area contributed by atoms with Gasteiger partial charge in [0.05, 0.1) is 4.90 Å². The van der Waals surface area contributed by atoms with E-state index in [-0.39, 0.29) is 6.04 Å². The highest BCUT2D eigenvalue weighted by Gasteiger charge is 2.33. The summed E-state index contributed by atoms with van der Waals surface area (Å²) in [5.74, 6) is 0. The number of hydrogen-bond donors (Lipinski definition) is 1. The maximum Gasteiger partial charge on any atom is 0.244 e. The molecule has 0 aromatic carbocycles. The molecule has 102 valence electrons. The smallest absolute Gasteiger partial charge is 0.244 e. The third-order valence-corrected chi connectivity index (χ3v) is 5.42. The maximum atomic E-state index is 12.6.